The first kappa shape index (κ1) is 19.0. The van der Waals surface area contributed by atoms with Gasteiger partial charge >= 0.3 is 0 Å². The molecule has 1 heterocycles. The van der Waals surface area contributed by atoms with E-state index in [1.807, 2.05) is 0 Å². The van der Waals surface area contributed by atoms with Crippen LogP contribution in [-0.4, -0.2) is 49.4 Å². The molecule has 0 bridgehead atoms. The van der Waals surface area contributed by atoms with Gasteiger partial charge in [0.25, 0.3) is 0 Å². The summed E-state index contributed by atoms with van der Waals surface area (Å²) in [5.41, 5.74) is 1.50. The molecule has 136 valence electrons. The molecule has 0 spiro atoms. The minimum absolute atomic E-state index is 0.111. The standard InChI is InChI=1S/C19H33N3O2/c1-2-11-21-19(24)17-9-13-22(14-10-17)15-18(23)20-12-8-16-6-4-3-5-7-16/h6,17H,2-5,7-15H2,1H3,(H,20,23)(H,21,24). The number of hydrogen-bond acceptors (Lipinski definition) is 3. The van der Waals surface area contributed by atoms with Crippen LogP contribution in [0.1, 0.15) is 58.3 Å². The number of rotatable bonds is 8. The van der Waals surface area contributed by atoms with Crippen molar-refractivity contribution in [3.63, 3.8) is 0 Å². The molecule has 0 saturated carbocycles. The Morgan fingerprint density at radius 3 is 2.62 bits per heavy atom. The molecule has 1 fully saturated rings. The Hall–Kier alpha value is -1.36. The second kappa shape index (κ2) is 10.5. The van der Waals surface area contributed by atoms with Crippen LogP contribution < -0.4 is 10.6 Å². The molecule has 0 aromatic rings. The van der Waals surface area contributed by atoms with Crippen molar-refractivity contribution >= 4 is 11.8 Å². The van der Waals surface area contributed by atoms with Crippen LogP contribution in [0, 0.1) is 5.92 Å². The molecular weight excluding hydrogens is 302 g/mol. The van der Waals surface area contributed by atoms with Crippen LogP contribution in [0.3, 0.4) is 0 Å². The van der Waals surface area contributed by atoms with Gasteiger partial charge in [-0.2, -0.15) is 0 Å². The number of likely N-dealkylation sites (tertiary alicyclic amines) is 1. The highest BCUT2D eigenvalue weighted by atomic mass is 16.2. The number of nitrogens with one attached hydrogen (secondary N) is 2. The van der Waals surface area contributed by atoms with Gasteiger partial charge in [0.2, 0.25) is 11.8 Å². The van der Waals surface area contributed by atoms with Crippen molar-refractivity contribution in [1.29, 1.82) is 0 Å². The average Bonchev–Trinajstić information content (AvgIpc) is 2.61. The Balaban J connectivity index is 1.58. The van der Waals surface area contributed by atoms with E-state index in [9.17, 15) is 9.59 Å². The molecule has 2 aliphatic rings. The van der Waals surface area contributed by atoms with Gasteiger partial charge < -0.3 is 10.6 Å². The van der Waals surface area contributed by atoms with E-state index >= 15 is 0 Å². The fourth-order valence-corrected chi connectivity index (χ4v) is 3.50. The third kappa shape index (κ3) is 6.63. The molecule has 1 aliphatic carbocycles. The highest BCUT2D eigenvalue weighted by Gasteiger charge is 2.25. The monoisotopic (exact) mass is 335 g/mol. The van der Waals surface area contributed by atoms with E-state index in [2.05, 4.69) is 28.5 Å². The lowest BCUT2D eigenvalue weighted by Crippen LogP contribution is -2.44. The summed E-state index contributed by atoms with van der Waals surface area (Å²) in [4.78, 5) is 26.2. The number of allylic oxidation sites excluding steroid dienone is 1. The van der Waals surface area contributed by atoms with Gasteiger partial charge in [-0.05, 0) is 64.5 Å². The molecule has 5 heteroatoms. The maximum atomic E-state index is 12.1. The topological polar surface area (TPSA) is 61.4 Å². The maximum Gasteiger partial charge on any atom is 0.234 e. The van der Waals surface area contributed by atoms with Crippen molar-refractivity contribution in [1.82, 2.24) is 15.5 Å². The third-order valence-corrected chi connectivity index (χ3v) is 5.03. The van der Waals surface area contributed by atoms with E-state index < -0.39 is 0 Å². The van der Waals surface area contributed by atoms with Crippen molar-refractivity contribution in [2.24, 2.45) is 5.92 Å². The zero-order valence-corrected chi connectivity index (χ0v) is 15.1. The fraction of sp³-hybridized carbons (Fsp3) is 0.789. The first-order valence-corrected chi connectivity index (χ1v) is 9.63. The predicted molar refractivity (Wildman–Crippen MR) is 96.6 cm³/mol. The number of piperidine rings is 1. The molecule has 0 aromatic heterocycles. The lowest BCUT2D eigenvalue weighted by molar-refractivity contribution is -0.126. The molecule has 0 atom stereocenters. The summed E-state index contributed by atoms with van der Waals surface area (Å²) in [5.74, 6) is 0.413. The number of carbonyl (C=O) groups excluding carboxylic acids is 2. The molecule has 1 saturated heterocycles. The first-order valence-electron chi connectivity index (χ1n) is 9.63. The molecule has 1 aliphatic heterocycles. The number of carbonyl (C=O) groups is 2. The first-order chi connectivity index (χ1) is 11.7. The minimum Gasteiger partial charge on any atom is -0.356 e. The smallest absolute Gasteiger partial charge is 0.234 e. The van der Waals surface area contributed by atoms with Crippen molar-refractivity contribution in [3.05, 3.63) is 11.6 Å². The summed E-state index contributed by atoms with van der Waals surface area (Å²) in [7, 11) is 0. The van der Waals surface area contributed by atoms with Crippen molar-refractivity contribution < 1.29 is 9.59 Å². The summed E-state index contributed by atoms with van der Waals surface area (Å²) < 4.78 is 0. The van der Waals surface area contributed by atoms with Gasteiger partial charge in [-0.15, -0.1) is 0 Å². The number of hydrogen-bond donors (Lipinski definition) is 2. The minimum atomic E-state index is 0.111. The summed E-state index contributed by atoms with van der Waals surface area (Å²) >= 11 is 0. The van der Waals surface area contributed by atoms with E-state index in [-0.39, 0.29) is 17.7 Å². The Morgan fingerprint density at radius 1 is 1.17 bits per heavy atom. The van der Waals surface area contributed by atoms with Gasteiger partial charge in [0.1, 0.15) is 0 Å². The summed E-state index contributed by atoms with van der Waals surface area (Å²) in [6, 6.07) is 0. The quantitative estimate of drug-likeness (QED) is 0.669. The van der Waals surface area contributed by atoms with E-state index in [1.165, 1.54) is 31.3 Å². The second-order valence-corrected chi connectivity index (χ2v) is 7.05. The Kier molecular flexibility index (Phi) is 8.29. The van der Waals surface area contributed by atoms with Crippen LogP contribution >= 0.6 is 0 Å². The summed E-state index contributed by atoms with van der Waals surface area (Å²) in [6.45, 7) is 5.71. The van der Waals surface area contributed by atoms with Crippen LogP contribution in [-0.2, 0) is 9.59 Å². The number of amides is 2. The predicted octanol–water partition coefficient (Wildman–Crippen LogP) is 2.23. The molecule has 0 aromatic carbocycles. The van der Waals surface area contributed by atoms with E-state index in [4.69, 9.17) is 0 Å². The van der Waals surface area contributed by atoms with Gasteiger partial charge in [0.15, 0.2) is 0 Å². The van der Waals surface area contributed by atoms with E-state index in [0.717, 1.165) is 51.9 Å². The van der Waals surface area contributed by atoms with Crippen LogP contribution in [0.2, 0.25) is 0 Å². The molecule has 0 unspecified atom stereocenters. The average molecular weight is 335 g/mol. The Morgan fingerprint density at radius 2 is 1.96 bits per heavy atom. The van der Waals surface area contributed by atoms with Gasteiger partial charge in [-0.1, -0.05) is 18.6 Å². The van der Waals surface area contributed by atoms with Crippen molar-refractivity contribution in [2.75, 3.05) is 32.7 Å². The zero-order valence-electron chi connectivity index (χ0n) is 15.1. The third-order valence-electron chi connectivity index (χ3n) is 5.03. The van der Waals surface area contributed by atoms with E-state index in [1.54, 1.807) is 0 Å². The fourth-order valence-electron chi connectivity index (χ4n) is 3.50. The molecule has 0 radical (unpaired) electrons. The summed E-state index contributed by atoms with van der Waals surface area (Å²) in [6.07, 6.45) is 11.0. The normalized spacial score (nSPS) is 19.6. The van der Waals surface area contributed by atoms with Crippen LogP contribution in [0.25, 0.3) is 0 Å². The van der Waals surface area contributed by atoms with Crippen molar-refractivity contribution in [3.8, 4) is 0 Å². The SMILES string of the molecule is CCCNC(=O)C1CCN(CC(=O)NCCC2=CCCCC2)CC1. The van der Waals surface area contributed by atoms with Gasteiger partial charge in [-0.3, -0.25) is 14.5 Å². The maximum absolute atomic E-state index is 12.1. The zero-order chi connectivity index (χ0) is 17.2. The van der Waals surface area contributed by atoms with Crippen LogP contribution in [0.5, 0.6) is 0 Å². The van der Waals surface area contributed by atoms with Gasteiger partial charge in [-0.25, -0.2) is 0 Å². The molecular formula is C19H33N3O2. The molecule has 2 N–H and O–H groups in total. The van der Waals surface area contributed by atoms with Crippen LogP contribution in [0.15, 0.2) is 11.6 Å². The lowest BCUT2D eigenvalue weighted by Gasteiger charge is -2.30. The summed E-state index contributed by atoms with van der Waals surface area (Å²) in [5, 5.41) is 6.01. The van der Waals surface area contributed by atoms with Gasteiger partial charge in [0.05, 0.1) is 6.54 Å². The highest BCUT2D eigenvalue weighted by molar-refractivity contribution is 5.79. The lowest BCUT2D eigenvalue weighted by atomic mass is 9.96. The van der Waals surface area contributed by atoms with Crippen molar-refractivity contribution in [2.45, 2.75) is 58.3 Å². The van der Waals surface area contributed by atoms with Gasteiger partial charge in [0, 0.05) is 19.0 Å². The highest BCUT2D eigenvalue weighted by Crippen LogP contribution is 2.19. The number of nitrogens with zero attached hydrogens (tertiary/aromatic N) is 1. The van der Waals surface area contributed by atoms with Crippen LogP contribution in [0.4, 0.5) is 0 Å². The van der Waals surface area contributed by atoms with E-state index in [0.29, 0.717) is 6.54 Å². The second-order valence-electron chi connectivity index (χ2n) is 7.05. The Labute approximate surface area is 146 Å². The largest absolute Gasteiger partial charge is 0.356 e. The Bertz CT molecular complexity index is 440. The molecule has 2 rings (SSSR count). The molecule has 5 nitrogen and oxygen atoms in total. The molecule has 24 heavy (non-hydrogen) atoms. The molecule has 2 amide bonds.